The molecule has 14 heteroatoms. The average Bonchev–Trinajstić information content (AvgIpc) is 3.46. The first-order valence-electron chi connectivity index (χ1n) is 14.9. The molecule has 1 aromatic carbocycles. The van der Waals surface area contributed by atoms with Crippen molar-refractivity contribution < 1.29 is 33.1 Å². The largest absolute Gasteiger partial charge is 0.444 e. The Morgan fingerprint density at radius 1 is 0.955 bits per heavy atom. The molecule has 1 saturated carbocycles. The van der Waals surface area contributed by atoms with Gasteiger partial charge < -0.3 is 18.8 Å². The molecule has 5 rings (SSSR count). The van der Waals surface area contributed by atoms with Crippen LogP contribution in [0.25, 0.3) is 0 Å². The van der Waals surface area contributed by atoms with Gasteiger partial charge in [-0.1, -0.05) is 30.3 Å². The maximum atomic E-state index is 13.2. The average molecular weight is 612 g/mol. The van der Waals surface area contributed by atoms with Crippen LogP contribution in [0.5, 0.6) is 0 Å². The predicted molar refractivity (Wildman–Crippen MR) is 157 cm³/mol. The highest BCUT2D eigenvalue weighted by Gasteiger charge is 2.48. The molecule has 14 nitrogen and oxygen atoms in total. The summed E-state index contributed by atoms with van der Waals surface area (Å²) < 4.78 is 16.7. The van der Waals surface area contributed by atoms with Gasteiger partial charge in [-0.25, -0.2) is 19.4 Å². The lowest BCUT2D eigenvalue weighted by atomic mass is 9.80. The minimum Gasteiger partial charge on any atom is -0.444 e. The second kappa shape index (κ2) is 12.4. The number of carbonyl (C=O) groups excluding carboxylic acids is 3. The van der Waals surface area contributed by atoms with E-state index in [0.717, 1.165) is 12.0 Å². The van der Waals surface area contributed by atoms with Crippen molar-refractivity contribution in [3.8, 4) is 0 Å². The van der Waals surface area contributed by atoms with Crippen LogP contribution in [0.4, 0.5) is 14.4 Å². The third-order valence-electron chi connectivity index (χ3n) is 7.29. The summed E-state index contributed by atoms with van der Waals surface area (Å²) >= 11 is 0. The molecule has 4 amide bonds. The lowest BCUT2D eigenvalue weighted by molar-refractivity contribution is -0.140. The fourth-order valence-corrected chi connectivity index (χ4v) is 5.29. The highest BCUT2D eigenvalue weighted by Crippen LogP contribution is 2.41. The van der Waals surface area contributed by atoms with Crippen LogP contribution in [-0.2, 0) is 20.9 Å². The number of fused-ring (bicyclic) bond motifs is 2. The van der Waals surface area contributed by atoms with Crippen LogP contribution < -0.4 is 10.6 Å². The molecular weight excluding hydrogens is 570 g/mol. The molecule has 2 N–H and O–H groups in total. The molecule has 2 bridgehead atoms. The Morgan fingerprint density at radius 3 is 2.18 bits per heavy atom. The maximum Gasteiger partial charge on any atom is 0.414 e. The van der Waals surface area contributed by atoms with Gasteiger partial charge in [-0.2, -0.15) is 5.06 Å². The minimum atomic E-state index is -0.750. The van der Waals surface area contributed by atoms with Crippen LogP contribution in [0, 0.1) is 0 Å². The van der Waals surface area contributed by atoms with E-state index in [-0.39, 0.29) is 36.0 Å². The third kappa shape index (κ3) is 7.84. The fourth-order valence-electron chi connectivity index (χ4n) is 5.29. The number of aromatic nitrogens is 2. The Kier molecular flexibility index (Phi) is 8.82. The van der Waals surface area contributed by atoms with Gasteiger partial charge in [-0.3, -0.25) is 15.5 Å². The quantitative estimate of drug-likeness (QED) is 0.346. The van der Waals surface area contributed by atoms with Crippen LogP contribution in [0.1, 0.15) is 96.5 Å². The van der Waals surface area contributed by atoms with Crippen molar-refractivity contribution in [1.82, 2.24) is 30.8 Å². The summed E-state index contributed by atoms with van der Waals surface area (Å²) in [6.07, 6.45) is 1.08. The zero-order valence-corrected chi connectivity index (χ0v) is 26.0. The monoisotopic (exact) mass is 611 g/mol. The summed E-state index contributed by atoms with van der Waals surface area (Å²) in [7, 11) is 0. The number of urea groups is 1. The van der Waals surface area contributed by atoms with E-state index in [0.29, 0.717) is 44.2 Å². The number of nitrogens with zero attached hydrogens (tertiary/aromatic N) is 5. The van der Waals surface area contributed by atoms with Gasteiger partial charge in [0.05, 0.1) is 12.1 Å². The van der Waals surface area contributed by atoms with Crippen molar-refractivity contribution >= 4 is 24.2 Å². The number of nitrogens with one attached hydrogen (secondary N) is 2. The standard InChI is InChI=1S/C30H41N7O7/c1-29(2,3)43-26(38)32-25(33-27(39)44-30(4,5)6)31-20-14-19(15-20)23-34-35-24(42-23)22-13-12-21-16-36(22)28(40)37(21)41-17-18-10-8-7-9-11-18/h7-11,19-22H,12-17H2,1-6H3,(H2,31,32,33,38,39)/t19?,20?,21-,22-/m0/s1. The second-order valence-electron chi connectivity index (χ2n) is 13.3. The van der Waals surface area contributed by atoms with Gasteiger partial charge in [0, 0.05) is 12.5 Å². The fraction of sp³-hybridized carbons (Fsp3) is 0.600. The van der Waals surface area contributed by atoms with Gasteiger partial charge in [0.15, 0.2) is 0 Å². The Hall–Kier alpha value is -4.20. The highest BCUT2D eigenvalue weighted by molar-refractivity contribution is 6.01. The Labute approximate surface area is 256 Å². The number of aliphatic imine (C=N–C) groups is 1. The van der Waals surface area contributed by atoms with Crippen molar-refractivity contribution in [3.63, 3.8) is 0 Å². The molecule has 238 valence electrons. The third-order valence-corrected chi connectivity index (χ3v) is 7.29. The Bertz CT molecular complexity index is 1340. The summed E-state index contributed by atoms with van der Waals surface area (Å²) in [5, 5.41) is 15.1. The molecule has 2 atom stereocenters. The number of amides is 4. The Balaban J connectivity index is 1.18. The van der Waals surface area contributed by atoms with Gasteiger partial charge in [0.2, 0.25) is 17.7 Å². The normalized spacial score (nSPS) is 23.1. The number of hydrogen-bond acceptors (Lipinski definition) is 10. The summed E-state index contributed by atoms with van der Waals surface area (Å²) in [5.74, 6) is 0.763. The molecule has 0 spiro atoms. The first-order chi connectivity index (χ1) is 20.7. The maximum absolute atomic E-state index is 13.2. The molecule has 0 unspecified atom stereocenters. The van der Waals surface area contributed by atoms with Crippen LogP contribution in [0.2, 0.25) is 0 Å². The van der Waals surface area contributed by atoms with Crippen LogP contribution >= 0.6 is 0 Å². The van der Waals surface area contributed by atoms with E-state index in [9.17, 15) is 14.4 Å². The number of ether oxygens (including phenoxy) is 2. The highest BCUT2D eigenvalue weighted by atomic mass is 16.7. The van der Waals surface area contributed by atoms with Gasteiger partial charge in [-0.15, -0.1) is 10.2 Å². The van der Waals surface area contributed by atoms with E-state index in [2.05, 4.69) is 25.8 Å². The molecule has 2 aromatic rings. The van der Waals surface area contributed by atoms with Gasteiger partial charge in [0.25, 0.3) is 0 Å². The molecule has 3 aliphatic rings. The van der Waals surface area contributed by atoms with E-state index >= 15 is 0 Å². The molecule has 3 heterocycles. The zero-order chi connectivity index (χ0) is 31.6. The lowest BCUT2D eigenvalue weighted by Gasteiger charge is -2.31. The zero-order valence-electron chi connectivity index (χ0n) is 26.0. The molecule has 44 heavy (non-hydrogen) atoms. The summed E-state index contributed by atoms with van der Waals surface area (Å²) in [6.45, 7) is 11.3. The van der Waals surface area contributed by atoms with Gasteiger partial charge >= 0.3 is 18.2 Å². The summed E-state index contributed by atoms with van der Waals surface area (Å²) in [5.41, 5.74) is -0.471. The predicted octanol–water partition coefficient (Wildman–Crippen LogP) is 4.79. The Morgan fingerprint density at radius 2 is 1.57 bits per heavy atom. The second-order valence-corrected chi connectivity index (χ2v) is 13.3. The van der Waals surface area contributed by atoms with Gasteiger partial charge in [0.1, 0.15) is 23.9 Å². The van der Waals surface area contributed by atoms with E-state index in [4.69, 9.17) is 18.7 Å². The van der Waals surface area contributed by atoms with E-state index in [1.165, 1.54) is 5.06 Å². The van der Waals surface area contributed by atoms with E-state index < -0.39 is 23.4 Å². The SMILES string of the molecule is CC(C)(C)OC(=O)NC(=NC1CC(c2nnc([C@@H]3CC[C@H]4CN3C(=O)N4OCc3ccccc3)o2)C1)NC(=O)OC(C)(C)C. The van der Waals surface area contributed by atoms with E-state index in [1.807, 2.05) is 30.3 Å². The molecule has 1 aliphatic carbocycles. The van der Waals surface area contributed by atoms with E-state index in [1.54, 1.807) is 46.4 Å². The minimum absolute atomic E-state index is 0.0205. The number of piperidine rings is 1. The first-order valence-corrected chi connectivity index (χ1v) is 14.9. The van der Waals surface area contributed by atoms with Gasteiger partial charge in [-0.05, 0) is 72.8 Å². The van der Waals surface area contributed by atoms with Crippen LogP contribution in [-0.4, -0.2) is 74.2 Å². The summed E-state index contributed by atoms with van der Waals surface area (Å²) in [4.78, 5) is 50.1. The van der Waals surface area contributed by atoms with Crippen molar-refractivity contribution in [2.75, 3.05) is 6.54 Å². The molecule has 2 saturated heterocycles. The molecular formula is C30H41N7O7. The van der Waals surface area contributed by atoms with Crippen LogP contribution in [0.3, 0.4) is 0 Å². The smallest absolute Gasteiger partial charge is 0.414 e. The number of rotatable bonds is 6. The van der Waals surface area contributed by atoms with Crippen LogP contribution in [0.15, 0.2) is 39.7 Å². The number of carbonyl (C=O) groups is 3. The number of hydrogen-bond donors (Lipinski definition) is 2. The number of benzene rings is 1. The van der Waals surface area contributed by atoms with Crippen molar-refractivity contribution in [2.24, 2.45) is 4.99 Å². The molecule has 0 radical (unpaired) electrons. The molecule has 3 fully saturated rings. The van der Waals surface area contributed by atoms with Crippen molar-refractivity contribution in [1.29, 1.82) is 0 Å². The molecule has 1 aromatic heterocycles. The van der Waals surface area contributed by atoms with Crippen molar-refractivity contribution in [2.45, 2.75) is 109 Å². The van der Waals surface area contributed by atoms with Crippen molar-refractivity contribution in [3.05, 3.63) is 47.7 Å². The lowest BCUT2D eigenvalue weighted by Crippen LogP contribution is -2.48. The number of guanidine groups is 1. The first kappa shape index (κ1) is 31.2. The summed E-state index contributed by atoms with van der Waals surface area (Å²) in [6, 6.07) is 8.98. The number of alkyl carbamates (subject to hydrolysis) is 2. The molecule has 2 aliphatic heterocycles. The topological polar surface area (TPSA) is 161 Å². The number of hydroxylamine groups is 2.